The predicted octanol–water partition coefficient (Wildman–Crippen LogP) is 3.46. The van der Waals surface area contributed by atoms with E-state index in [1.165, 1.54) is 23.5 Å². The summed E-state index contributed by atoms with van der Waals surface area (Å²) >= 11 is 0. The van der Waals surface area contributed by atoms with Gasteiger partial charge >= 0.3 is 6.03 Å². The molecule has 2 aromatic carbocycles. The molecule has 2 aromatic rings. The van der Waals surface area contributed by atoms with Crippen molar-refractivity contribution in [2.45, 2.75) is 24.2 Å². The van der Waals surface area contributed by atoms with E-state index < -0.39 is 15.8 Å². The van der Waals surface area contributed by atoms with Crippen LogP contribution in [0.4, 0.5) is 14.9 Å². The van der Waals surface area contributed by atoms with Gasteiger partial charge < -0.3 is 20.1 Å². The van der Waals surface area contributed by atoms with Gasteiger partial charge in [-0.05, 0) is 61.6 Å². The summed E-state index contributed by atoms with van der Waals surface area (Å²) in [5, 5.41) is 5.58. The lowest BCUT2D eigenvalue weighted by Gasteiger charge is -2.31. The van der Waals surface area contributed by atoms with E-state index in [-0.39, 0.29) is 10.9 Å². The van der Waals surface area contributed by atoms with Gasteiger partial charge in [-0.15, -0.1) is 0 Å². The maximum absolute atomic E-state index is 13.1. The van der Waals surface area contributed by atoms with Crippen LogP contribution in [0, 0.1) is 11.7 Å². The normalized spacial score (nSPS) is 15.2. The third-order valence-corrected chi connectivity index (χ3v) is 7.42. The highest BCUT2D eigenvalue weighted by Crippen LogP contribution is 2.30. The number of carbonyl (C=O) groups is 1. The molecule has 1 fully saturated rings. The van der Waals surface area contributed by atoms with Crippen molar-refractivity contribution in [3.63, 3.8) is 0 Å². The Kier molecular flexibility index (Phi) is 7.92. The minimum absolute atomic E-state index is 0.103. The Labute approximate surface area is 187 Å². The highest BCUT2D eigenvalue weighted by molar-refractivity contribution is 7.89. The SMILES string of the molecule is COc1ccc(NC(=O)NCCC2CCN(S(=O)(=O)c3ccc(F)cc3)CC2)cc1OC. The third-order valence-electron chi connectivity index (χ3n) is 5.50. The van der Waals surface area contributed by atoms with Gasteiger partial charge in [0.25, 0.3) is 0 Å². The molecule has 0 spiro atoms. The number of hydrogen-bond donors (Lipinski definition) is 2. The lowest BCUT2D eigenvalue weighted by molar-refractivity contribution is 0.245. The van der Waals surface area contributed by atoms with Crippen LogP contribution in [-0.2, 0) is 10.0 Å². The topological polar surface area (TPSA) is 97.0 Å². The smallest absolute Gasteiger partial charge is 0.319 e. The molecule has 0 aromatic heterocycles. The van der Waals surface area contributed by atoms with E-state index in [0.717, 1.165) is 18.6 Å². The van der Waals surface area contributed by atoms with Gasteiger partial charge in [-0.2, -0.15) is 4.31 Å². The summed E-state index contributed by atoms with van der Waals surface area (Å²) < 4.78 is 50.3. The van der Waals surface area contributed by atoms with Crippen molar-refractivity contribution >= 4 is 21.7 Å². The van der Waals surface area contributed by atoms with Gasteiger partial charge in [0.05, 0.1) is 19.1 Å². The van der Waals surface area contributed by atoms with Crippen molar-refractivity contribution in [1.82, 2.24) is 9.62 Å². The van der Waals surface area contributed by atoms with E-state index in [4.69, 9.17) is 9.47 Å². The Morgan fingerprint density at radius 1 is 1.06 bits per heavy atom. The van der Waals surface area contributed by atoms with E-state index in [0.29, 0.717) is 55.6 Å². The Bertz CT molecular complexity index is 1020. The lowest BCUT2D eigenvalue weighted by Crippen LogP contribution is -2.39. The minimum atomic E-state index is -3.61. The molecule has 1 heterocycles. The number of nitrogens with zero attached hydrogens (tertiary/aromatic N) is 1. The van der Waals surface area contributed by atoms with Gasteiger partial charge in [-0.25, -0.2) is 17.6 Å². The molecule has 2 amide bonds. The second-order valence-electron chi connectivity index (χ2n) is 7.54. The molecule has 0 saturated carbocycles. The standard InChI is InChI=1S/C22H28FN3O5S/c1-30-20-8-5-18(15-21(20)31-2)25-22(27)24-12-9-16-10-13-26(14-11-16)32(28,29)19-6-3-17(23)4-7-19/h3-8,15-16H,9-14H2,1-2H3,(H2,24,25,27). The number of anilines is 1. The summed E-state index contributed by atoms with van der Waals surface area (Å²) in [7, 11) is -0.546. The number of rotatable bonds is 8. The van der Waals surface area contributed by atoms with E-state index in [2.05, 4.69) is 10.6 Å². The number of hydrogen-bond acceptors (Lipinski definition) is 5. The molecule has 1 aliphatic heterocycles. The van der Waals surface area contributed by atoms with Crippen LogP contribution in [0.2, 0.25) is 0 Å². The van der Waals surface area contributed by atoms with Crippen LogP contribution in [0.25, 0.3) is 0 Å². The summed E-state index contributed by atoms with van der Waals surface area (Å²) in [6.45, 7) is 1.29. The molecule has 174 valence electrons. The number of nitrogens with one attached hydrogen (secondary N) is 2. The predicted molar refractivity (Wildman–Crippen MR) is 119 cm³/mol. The first-order valence-electron chi connectivity index (χ1n) is 10.4. The molecule has 32 heavy (non-hydrogen) atoms. The lowest BCUT2D eigenvalue weighted by atomic mass is 9.95. The zero-order valence-corrected chi connectivity index (χ0v) is 19.0. The summed E-state index contributed by atoms with van der Waals surface area (Å²) in [5.41, 5.74) is 0.583. The molecular weight excluding hydrogens is 437 g/mol. The number of halogens is 1. The molecule has 0 atom stereocenters. The van der Waals surface area contributed by atoms with Crippen LogP contribution in [0.15, 0.2) is 47.4 Å². The number of benzene rings is 2. The van der Waals surface area contributed by atoms with Gasteiger partial charge in [-0.3, -0.25) is 0 Å². The molecule has 0 bridgehead atoms. The van der Waals surface area contributed by atoms with Crippen LogP contribution in [0.3, 0.4) is 0 Å². The number of ether oxygens (including phenoxy) is 2. The molecule has 8 nitrogen and oxygen atoms in total. The number of urea groups is 1. The van der Waals surface area contributed by atoms with Gasteiger partial charge in [-0.1, -0.05) is 0 Å². The van der Waals surface area contributed by atoms with Gasteiger partial charge in [0.2, 0.25) is 10.0 Å². The van der Waals surface area contributed by atoms with Crippen LogP contribution < -0.4 is 20.1 Å². The zero-order chi connectivity index (χ0) is 23.1. The second-order valence-corrected chi connectivity index (χ2v) is 9.48. The molecule has 2 N–H and O–H groups in total. The molecule has 0 unspecified atom stereocenters. The number of methoxy groups -OCH3 is 2. The molecule has 0 radical (unpaired) electrons. The van der Waals surface area contributed by atoms with E-state index in [9.17, 15) is 17.6 Å². The maximum Gasteiger partial charge on any atom is 0.319 e. The van der Waals surface area contributed by atoms with Crippen molar-refractivity contribution in [2.75, 3.05) is 39.2 Å². The van der Waals surface area contributed by atoms with Gasteiger partial charge in [0.15, 0.2) is 11.5 Å². The fraction of sp³-hybridized carbons (Fsp3) is 0.409. The largest absolute Gasteiger partial charge is 0.493 e. The first-order valence-corrected chi connectivity index (χ1v) is 11.8. The van der Waals surface area contributed by atoms with E-state index in [1.807, 2.05) is 0 Å². The highest BCUT2D eigenvalue weighted by Gasteiger charge is 2.29. The summed E-state index contributed by atoms with van der Waals surface area (Å²) in [4.78, 5) is 12.3. The van der Waals surface area contributed by atoms with Crippen LogP contribution in [0.5, 0.6) is 11.5 Å². The fourth-order valence-corrected chi connectivity index (χ4v) is 5.14. The third kappa shape index (κ3) is 5.89. The average Bonchev–Trinajstić information content (AvgIpc) is 2.79. The Hall–Kier alpha value is -2.85. The van der Waals surface area contributed by atoms with Crippen molar-refractivity contribution in [3.05, 3.63) is 48.3 Å². The van der Waals surface area contributed by atoms with Crippen LogP contribution in [0.1, 0.15) is 19.3 Å². The minimum Gasteiger partial charge on any atom is -0.493 e. The van der Waals surface area contributed by atoms with E-state index in [1.54, 1.807) is 25.3 Å². The van der Waals surface area contributed by atoms with Crippen molar-refractivity contribution in [2.24, 2.45) is 5.92 Å². The Morgan fingerprint density at radius 2 is 1.72 bits per heavy atom. The van der Waals surface area contributed by atoms with Gasteiger partial charge in [0, 0.05) is 31.4 Å². The first kappa shape index (κ1) is 23.8. The Balaban J connectivity index is 1.42. The van der Waals surface area contributed by atoms with Crippen LogP contribution in [-0.4, -0.2) is 52.6 Å². The number of amides is 2. The molecule has 10 heteroatoms. The summed E-state index contributed by atoms with van der Waals surface area (Å²) in [6.07, 6.45) is 2.17. The number of piperidine rings is 1. The van der Waals surface area contributed by atoms with Crippen molar-refractivity contribution in [3.8, 4) is 11.5 Å². The highest BCUT2D eigenvalue weighted by atomic mass is 32.2. The fourth-order valence-electron chi connectivity index (χ4n) is 3.67. The zero-order valence-electron chi connectivity index (χ0n) is 18.1. The monoisotopic (exact) mass is 465 g/mol. The quantitative estimate of drug-likeness (QED) is 0.622. The Morgan fingerprint density at radius 3 is 2.34 bits per heavy atom. The van der Waals surface area contributed by atoms with Crippen molar-refractivity contribution in [1.29, 1.82) is 0 Å². The van der Waals surface area contributed by atoms with Crippen LogP contribution >= 0.6 is 0 Å². The first-order chi connectivity index (χ1) is 15.3. The average molecular weight is 466 g/mol. The van der Waals surface area contributed by atoms with E-state index >= 15 is 0 Å². The van der Waals surface area contributed by atoms with Gasteiger partial charge in [0.1, 0.15) is 5.82 Å². The number of sulfonamides is 1. The molecular formula is C22H28FN3O5S. The molecule has 1 aliphatic rings. The molecule has 0 aliphatic carbocycles. The molecule has 3 rings (SSSR count). The second kappa shape index (κ2) is 10.6. The number of carbonyl (C=O) groups excluding carboxylic acids is 1. The maximum atomic E-state index is 13.1. The molecule has 1 saturated heterocycles. The summed E-state index contributed by atoms with van der Waals surface area (Å²) in [6, 6.07) is 9.66. The summed E-state index contributed by atoms with van der Waals surface area (Å²) in [5.74, 6) is 0.945. The van der Waals surface area contributed by atoms with Crippen molar-refractivity contribution < 1.29 is 27.1 Å².